The number of aromatic nitrogens is 2. The first-order chi connectivity index (χ1) is 8.86. The summed E-state index contributed by atoms with van der Waals surface area (Å²) in [5.41, 5.74) is 0.816. The Hall–Kier alpha value is -2.14. The molecule has 0 amide bonds. The Kier molecular flexibility index (Phi) is 2.82. The van der Waals surface area contributed by atoms with E-state index in [0.29, 0.717) is 30.5 Å². The van der Waals surface area contributed by atoms with Gasteiger partial charge >= 0.3 is 0 Å². The maximum Gasteiger partial charge on any atom is 0.238 e. The summed E-state index contributed by atoms with van der Waals surface area (Å²) < 4.78 is 15.7. The fourth-order valence-electron chi connectivity index (χ4n) is 1.74. The first kappa shape index (κ1) is 11.0. The van der Waals surface area contributed by atoms with Crippen molar-refractivity contribution in [3.63, 3.8) is 0 Å². The van der Waals surface area contributed by atoms with Crippen LogP contribution in [-0.4, -0.2) is 23.9 Å². The van der Waals surface area contributed by atoms with Gasteiger partial charge in [0.05, 0.1) is 13.0 Å². The average molecular weight is 244 g/mol. The smallest absolute Gasteiger partial charge is 0.238 e. The highest BCUT2D eigenvalue weighted by Gasteiger charge is 2.12. The lowest BCUT2D eigenvalue weighted by atomic mass is 10.2. The molecule has 3 aromatic rings. The second kappa shape index (κ2) is 4.62. The van der Waals surface area contributed by atoms with Crippen molar-refractivity contribution in [2.24, 2.45) is 0 Å². The maximum atomic E-state index is 5.66. The fraction of sp³-hybridized carbons (Fsp3) is 0.231. The van der Waals surface area contributed by atoms with Crippen LogP contribution in [0.15, 0.2) is 39.3 Å². The van der Waals surface area contributed by atoms with Gasteiger partial charge in [-0.2, -0.15) is 4.98 Å². The zero-order chi connectivity index (χ0) is 12.4. The molecule has 2 aromatic heterocycles. The van der Waals surface area contributed by atoms with Gasteiger partial charge in [-0.05, 0) is 12.1 Å². The molecule has 18 heavy (non-hydrogen) atoms. The van der Waals surface area contributed by atoms with Crippen molar-refractivity contribution in [2.75, 3.05) is 13.7 Å². The summed E-state index contributed by atoms with van der Waals surface area (Å²) in [6.07, 6.45) is 0.601. The van der Waals surface area contributed by atoms with Gasteiger partial charge in [0.15, 0.2) is 5.76 Å². The standard InChI is InChI=1S/C13H12N2O3/c1-16-7-6-12-14-13(15-18-12)11-8-9-4-2-3-5-10(9)17-11/h2-5,8H,6-7H2,1H3. The van der Waals surface area contributed by atoms with E-state index in [9.17, 15) is 0 Å². The van der Waals surface area contributed by atoms with E-state index in [4.69, 9.17) is 13.7 Å². The van der Waals surface area contributed by atoms with Crippen LogP contribution in [-0.2, 0) is 11.2 Å². The quantitative estimate of drug-likeness (QED) is 0.706. The van der Waals surface area contributed by atoms with Crippen LogP contribution < -0.4 is 0 Å². The summed E-state index contributed by atoms with van der Waals surface area (Å²) >= 11 is 0. The van der Waals surface area contributed by atoms with Crippen molar-refractivity contribution in [1.82, 2.24) is 10.1 Å². The van der Waals surface area contributed by atoms with E-state index in [1.165, 1.54) is 0 Å². The summed E-state index contributed by atoms with van der Waals surface area (Å²) in [7, 11) is 1.64. The number of benzene rings is 1. The third kappa shape index (κ3) is 2.00. The van der Waals surface area contributed by atoms with Crippen molar-refractivity contribution in [3.05, 3.63) is 36.2 Å². The molecule has 0 atom stereocenters. The van der Waals surface area contributed by atoms with Gasteiger partial charge in [-0.15, -0.1) is 0 Å². The van der Waals surface area contributed by atoms with Gasteiger partial charge in [0.1, 0.15) is 5.58 Å². The van der Waals surface area contributed by atoms with Crippen molar-refractivity contribution < 1.29 is 13.7 Å². The molecule has 0 aliphatic carbocycles. The van der Waals surface area contributed by atoms with Gasteiger partial charge in [-0.3, -0.25) is 0 Å². The van der Waals surface area contributed by atoms with Crippen LogP contribution in [0.1, 0.15) is 5.89 Å². The molecule has 92 valence electrons. The maximum absolute atomic E-state index is 5.66. The molecule has 5 heteroatoms. The number of fused-ring (bicyclic) bond motifs is 1. The summed E-state index contributed by atoms with van der Waals surface area (Å²) in [6.45, 7) is 0.557. The summed E-state index contributed by atoms with van der Waals surface area (Å²) in [6, 6.07) is 9.68. The van der Waals surface area contributed by atoms with Crippen molar-refractivity contribution >= 4 is 11.0 Å². The molecule has 0 bridgehead atoms. The van der Waals surface area contributed by atoms with Gasteiger partial charge < -0.3 is 13.7 Å². The van der Waals surface area contributed by atoms with Gasteiger partial charge in [-0.1, -0.05) is 23.4 Å². The van der Waals surface area contributed by atoms with Crippen molar-refractivity contribution in [1.29, 1.82) is 0 Å². The molecule has 0 aliphatic heterocycles. The second-order valence-corrected chi connectivity index (χ2v) is 3.90. The zero-order valence-electron chi connectivity index (χ0n) is 9.92. The Labute approximate surface area is 103 Å². The number of ether oxygens (including phenoxy) is 1. The number of para-hydroxylation sites is 1. The summed E-state index contributed by atoms with van der Waals surface area (Å²) in [4.78, 5) is 4.26. The van der Waals surface area contributed by atoms with Gasteiger partial charge in [0, 0.05) is 12.5 Å². The summed E-state index contributed by atoms with van der Waals surface area (Å²) in [5.74, 6) is 1.63. The number of nitrogens with zero attached hydrogens (tertiary/aromatic N) is 2. The second-order valence-electron chi connectivity index (χ2n) is 3.90. The number of rotatable bonds is 4. The van der Waals surface area contributed by atoms with E-state index in [1.807, 2.05) is 30.3 Å². The molecule has 2 heterocycles. The minimum Gasteiger partial charge on any atom is -0.453 e. The van der Waals surface area contributed by atoms with Crippen LogP contribution in [0.2, 0.25) is 0 Å². The highest BCUT2D eigenvalue weighted by molar-refractivity contribution is 5.81. The highest BCUT2D eigenvalue weighted by Crippen LogP contribution is 2.25. The highest BCUT2D eigenvalue weighted by atomic mass is 16.5. The minimum atomic E-state index is 0.470. The van der Waals surface area contributed by atoms with E-state index >= 15 is 0 Å². The van der Waals surface area contributed by atoms with E-state index in [2.05, 4.69) is 10.1 Å². The van der Waals surface area contributed by atoms with E-state index in [0.717, 1.165) is 11.0 Å². The Morgan fingerprint density at radius 3 is 3.00 bits per heavy atom. The van der Waals surface area contributed by atoms with Crippen LogP contribution in [0.5, 0.6) is 0 Å². The molecule has 0 aliphatic rings. The Morgan fingerprint density at radius 2 is 2.17 bits per heavy atom. The molecular weight excluding hydrogens is 232 g/mol. The molecular formula is C13H12N2O3. The lowest BCUT2D eigenvalue weighted by Crippen LogP contribution is -1.94. The molecule has 1 aromatic carbocycles. The molecule has 0 spiro atoms. The Morgan fingerprint density at radius 1 is 1.28 bits per heavy atom. The molecule has 0 N–H and O–H groups in total. The lowest BCUT2D eigenvalue weighted by Gasteiger charge is -1.90. The van der Waals surface area contributed by atoms with Gasteiger partial charge in [0.25, 0.3) is 0 Å². The van der Waals surface area contributed by atoms with Crippen LogP contribution in [0.3, 0.4) is 0 Å². The number of furan rings is 1. The summed E-state index contributed by atoms with van der Waals surface area (Å²) in [5, 5.41) is 4.92. The van der Waals surface area contributed by atoms with E-state index < -0.39 is 0 Å². The number of hydrogen-bond acceptors (Lipinski definition) is 5. The predicted octanol–water partition coefficient (Wildman–Crippen LogP) is 2.67. The average Bonchev–Trinajstić information content (AvgIpc) is 3.02. The third-order valence-corrected chi connectivity index (χ3v) is 2.63. The molecule has 5 nitrogen and oxygen atoms in total. The van der Waals surface area contributed by atoms with Crippen LogP contribution in [0.4, 0.5) is 0 Å². The number of hydrogen-bond donors (Lipinski definition) is 0. The van der Waals surface area contributed by atoms with Crippen molar-refractivity contribution in [3.8, 4) is 11.6 Å². The minimum absolute atomic E-state index is 0.470. The van der Waals surface area contributed by atoms with Gasteiger partial charge in [-0.25, -0.2) is 0 Å². The molecule has 0 saturated heterocycles. The van der Waals surface area contributed by atoms with Crippen LogP contribution in [0, 0.1) is 0 Å². The zero-order valence-corrected chi connectivity index (χ0v) is 9.92. The van der Waals surface area contributed by atoms with Gasteiger partial charge in [0.2, 0.25) is 11.7 Å². The predicted molar refractivity (Wildman–Crippen MR) is 65.1 cm³/mol. The van der Waals surface area contributed by atoms with E-state index in [1.54, 1.807) is 7.11 Å². The molecule has 0 unspecified atom stereocenters. The first-order valence-corrected chi connectivity index (χ1v) is 5.67. The first-order valence-electron chi connectivity index (χ1n) is 5.67. The number of methoxy groups -OCH3 is 1. The largest absolute Gasteiger partial charge is 0.453 e. The van der Waals surface area contributed by atoms with E-state index in [-0.39, 0.29) is 0 Å². The normalized spacial score (nSPS) is 11.2. The SMILES string of the molecule is COCCc1nc(-c2cc3ccccc3o2)no1. The van der Waals surface area contributed by atoms with Crippen molar-refractivity contribution in [2.45, 2.75) is 6.42 Å². The Balaban J connectivity index is 1.91. The molecule has 0 fully saturated rings. The molecule has 0 radical (unpaired) electrons. The Bertz CT molecular complexity index is 624. The molecule has 0 saturated carbocycles. The monoisotopic (exact) mass is 244 g/mol. The van der Waals surface area contributed by atoms with Crippen LogP contribution >= 0.6 is 0 Å². The lowest BCUT2D eigenvalue weighted by molar-refractivity contribution is 0.192. The fourth-order valence-corrected chi connectivity index (χ4v) is 1.74. The topological polar surface area (TPSA) is 61.3 Å². The third-order valence-electron chi connectivity index (χ3n) is 2.63. The van der Waals surface area contributed by atoms with Crippen LogP contribution in [0.25, 0.3) is 22.6 Å². The molecule has 3 rings (SSSR count).